The summed E-state index contributed by atoms with van der Waals surface area (Å²) >= 11 is 0. The number of ether oxygens (including phenoxy) is 6. The van der Waals surface area contributed by atoms with Crippen molar-refractivity contribution in [2.45, 2.75) is 104 Å². The van der Waals surface area contributed by atoms with Gasteiger partial charge in [0.15, 0.2) is 0 Å². The third kappa shape index (κ3) is 12.2. The van der Waals surface area contributed by atoms with Gasteiger partial charge in [-0.25, -0.2) is 19.2 Å². The van der Waals surface area contributed by atoms with Crippen molar-refractivity contribution in [3.63, 3.8) is 0 Å². The molecule has 4 fully saturated rings. The van der Waals surface area contributed by atoms with E-state index in [1.165, 1.54) is 0 Å². The van der Waals surface area contributed by atoms with Gasteiger partial charge < -0.3 is 49.7 Å². The van der Waals surface area contributed by atoms with Gasteiger partial charge in [-0.2, -0.15) is 0 Å². The summed E-state index contributed by atoms with van der Waals surface area (Å²) in [7, 11) is 0. The first-order chi connectivity index (χ1) is 23.5. The second-order valence-corrected chi connectivity index (χ2v) is 16.9. The molecule has 14 nitrogen and oxygen atoms in total. The highest BCUT2D eigenvalue weighted by Crippen LogP contribution is 2.47. The minimum atomic E-state index is -0.582. The molecule has 2 aliphatic heterocycles. The number of benzene rings is 1. The Labute approximate surface area is 294 Å². The highest BCUT2D eigenvalue weighted by molar-refractivity contribution is 5.72. The Balaban J connectivity index is 1.05. The van der Waals surface area contributed by atoms with Crippen LogP contribution in [0.15, 0.2) is 24.3 Å². The Morgan fingerprint density at radius 1 is 0.620 bits per heavy atom. The van der Waals surface area contributed by atoms with Crippen LogP contribution >= 0.6 is 0 Å². The molecule has 278 valence electrons. The number of rotatable bonds is 12. The van der Waals surface area contributed by atoms with Crippen LogP contribution in [0, 0.1) is 21.7 Å². The summed E-state index contributed by atoms with van der Waals surface area (Å²) in [4.78, 5) is 50.1. The Bertz CT molecular complexity index is 1280. The van der Waals surface area contributed by atoms with Gasteiger partial charge in [-0.05, 0) is 84.5 Å². The van der Waals surface area contributed by atoms with Crippen molar-refractivity contribution in [1.82, 2.24) is 21.3 Å². The molecule has 4 aliphatic rings. The van der Waals surface area contributed by atoms with Crippen LogP contribution in [0.25, 0.3) is 0 Å². The Hall–Kier alpha value is -3.78. The first-order valence-corrected chi connectivity index (χ1v) is 17.6. The molecule has 4 N–H and O–H groups in total. The number of amides is 4. The third-order valence-electron chi connectivity index (χ3n) is 9.70. The van der Waals surface area contributed by atoms with Crippen molar-refractivity contribution in [3.05, 3.63) is 24.3 Å². The van der Waals surface area contributed by atoms with E-state index in [0.29, 0.717) is 50.6 Å². The fourth-order valence-corrected chi connectivity index (χ4v) is 8.26. The van der Waals surface area contributed by atoms with E-state index in [-0.39, 0.29) is 59.2 Å². The van der Waals surface area contributed by atoms with Crippen LogP contribution in [0.5, 0.6) is 11.5 Å². The molecule has 6 unspecified atom stereocenters. The molecule has 0 aromatic heterocycles. The number of carbonyl (C=O) groups is 4. The zero-order chi connectivity index (χ0) is 36.2. The first-order valence-electron chi connectivity index (χ1n) is 17.6. The standard InChI is InChI=1S/C36H54N4O10/c1-33(2)11-23(13-35(5,19-33)21-37-29(41)47-17-27-15-45-27)39-31(43)49-25-7-9-26(10-8-25)50-32(44)40-24-12-34(3,4)20-36(6,14-24)22-38-30(42)48-18-28-16-46-28/h7-10,23-24,27-28H,11-22H2,1-6H3,(H,37,41)(H,38,42)(H,39,43)(H,40,44). The van der Waals surface area contributed by atoms with Gasteiger partial charge in [0.2, 0.25) is 0 Å². The lowest BCUT2D eigenvalue weighted by molar-refractivity contribution is 0.0661. The van der Waals surface area contributed by atoms with E-state index < -0.39 is 24.4 Å². The summed E-state index contributed by atoms with van der Waals surface area (Å²) in [5, 5.41) is 11.7. The van der Waals surface area contributed by atoms with Crippen LogP contribution < -0.4 is 30.7 Å². The molecule has 50 heavy (non-hydrogen) atoms. The SMILES string of the molecule is CC1(C)CC(NC(=O)Oc2ccc(OC(=O)NC3CC(C)(C)CC(C)(CNC(=O)OCC4CO4)C3)cc2)CC(C)(CNC(=O)OCC2CO2)C1. The van der Waals surface area contributed by atoms with Crippen LogP contribution in [0.4, 0.5) is 19.2 Å². The molecule has 6 atom stereocenters. The van der Waals surface area contributed by atoms with Crippen LogP contribution in [0.1, 0.15) is 80.1 Å². The fraction of sp³-hybridized carbons (Fsp3) is 0.722. The summed E-state index contributed by atoms with van der Waals surface area (Å²) in [6, 6.07) is 5.97. The van der Waals surface area contributed by atoms with Gasteiger partial charge >= 0.3 is 24.4 Å². The van der Waals surface area contributed by atoms with E-state index >= 15 is 0 Å². The molecule has 1 aromatic rings. The fourth-order valence-electron chi connectivity index (χ4n) is 8.26. The smallest absolute Gasteiger partial charge is 0.412 e. The normalized spacial score (nSPS) is 30.5. The van der Waals surface area contributed by atoms with Crippen LogP contribution in [-0.4, -0.2) is 88.2 Å². The highest BCUT2D eigenvalue weighted by atomic mass is 16.6. The predicted molar refractivity (Wildman–Crippen MR) is 182 cm³/mol. The zero-order valence-electron chi connectivity index (χ0n) is 30.2. The predicted octanol–water partition coefficient (Wildman–Crippen LogP) is 5.28. The van der Waals surface area contributed by atoms with Crippen LogP contribution in [-0.2, 0) is 18.9 Å². The van der Waals surface area contributed by atoms with E-state index in [9.17, 15) is 19.2 Å². The van der Waals surface area contributed by atoms with Gasteiger partial charge in [0.1, 0.15) is 36.9 Å². The lowest BCUT2D eigenvalue weighted by Crippen LogP contribution is -2.51. The average molecular weight is 703 g/mol. The van der Waals surface area contributed by atoms with Gasteiger partial charge in [0.05, 0.1) is 13.2 Å². The van der Waals surface area contributed by atoms with Gasteiger partial charge in [0, 0.05) is 25.2 Å². The summed E-state index contributed by atoms with van der Waals surface area (Å²) in [6.45, 7) is 15.4. The van der Waals surface area contributed by atoms with Gasteiger partial charge in [0.25, 0.3) is 0 Å². The average Bonchev–Trinajstić information content (AvgIpc) is 3.92. The molecular weight excluding hydrogens is 648 g/mol. The summed E-state index contributed by atoms with van der Waals surface area (Å²) in [6.07, 6.45) is 2.51. The van der Waals surface area contributed by atoms with Crippen molar-refractivity contribution >= 4 is 24.4 Å². The molecule has 0 spiro atoms. The van der Waals surface area contributed by atoms with Crippen LogP contribution in [0.3, 0.4) is 0 Å². The molecular formula is C36H54N4O10. The second kappa shape index (κ2) is 15.2. The maximum absolute atomic E-state index is 12.9. The maximum atomic E-state index is 12.9. The topological polar surface area (TPSA) is 178 Å². The van der Waals surface area contributed by atoms with E-state index in [0.717, 1.165) is 25.7 Å². The van der Waals surface area contributed by atoms with E-state index in [1.807, 2.05) is 0 Å². The molecule has 2 saturated heterocycles. The summed E-state index contributed by atoms with van der Waals surface area (Å²) in [5.74, 6) is 0.607. The number of hydrogen-bond acceptors (Lipinski definition) is 10. The number of carbonyl (C=O) groups excluding carboxylic acids is 4. The van der Waals surface area contributed by atoms with Crippen molar-refractivity contribution < 1.29 is 47.6 Å². The van der Waals surface area contributed by atoms with Crippen molar-refractivity contribution in [2.75, 3.05) is 39.5 Å². The van der Waals surface area contributed by atoms with E-state index in [2.05, 4.69) is 62.8 Å². The Kier molecular flexibility index (Phi) is 11.4. The first kappa shape index (κ1) is 37.5. The number of nitrogens with one attached hydrogen (secondary N) is 4. The Morgan fingerprint density at radius 2 is 0.980 bits per heavy atom. The monoisotopic (exact) mass is 702 g/mol. The quantitative estimate of drug-likeness (QED) is 0.209. The largest absolute Gasteiger partial charge is 0.447 e. The highest BCUT2D eigenvalue weighted by Gasteiger charge is 2.43. The summed E-state index contributed by atoms with van der Waals surface area (Å²) in [5.41, 5.74) is -0.646. The zero-order valence-corrected chi connectivity index (χ0v) is 30.2. The minimum absolute atomic E-state index is 0.00665. The molecule has 14 heteroatoms. The van der Waals surface area contributed by atoms with Gasteiger partial charge in [-0.1, -0.05) is 41.5 Å². The number of alkyl carbamates (subject to hydrolysis) is 2. The lowest BCUT2D eigenvalue weighted by atomic mass is 9.62. The van der Waals surface area contributed by atoms with Gasteiger partial charge in [-0.3, -0.25) is 0 Å². The molecule has 4 amide bonds. The molecule has 2 aliphatic carbocycles. The lowest BCUT2D eigenvalue weighted by Gasteiger charge is -2.46. The second-order valence-electron chi connectivity index (χ2n) is 16.9. The number of epoxide rings is 2. The molecule has 2 heterocycles. The minimum Gasteiger partial charge on any atom is -0.447 e. The molecule has 2 saturated carbocycles. The summed E-state index contributed by atoms with van der Waals surface area (Å²) < 4.78 is 31.7. The van der Waals surface area contributed by atoms with Crippen molar-refractivity contribution in [2.24, 2.45) is 21.7 Å². The van der Waals surface area contributed by atoms with E-state index in [4.69, 9.17) is 28.4 Å². The molecule has 1 aromatic carbocycles. The maximum Gasteiger partial charge on any atom is 0.412 e. The van der Waals surface area contributed by atoms with Gasteiger partial charge in [-0.15, -0.1) is 0 Å². The van der Waals surface area contributed by atoms with Crippen molar-refractivity contribution in [3.8, 4) is 11.5 Å². The molecule has 0 radical (unpaired) electrons. The number of hydrogen-bond donors (Lipinski definition) is 4. The Morgan fingerprint density at radius 3 is 1.32 bits per heavy atom. The molecule has 5 rings (SSSR count). The third-order valence-corrected chi connectivity index (χ3v) is 9.70. The molecule has 0 bridgehead atoms. The van der Waals surface area contributed by atoms with Crippen molar-refractivity contribution in [1.29, 1.82) is 0 Å². The van der Waals surface area contributed by atoms with Crippen LogP contribution in [0.2, 0.25) is 0 Å². The van der Waals surface area contributed by atoms with E-state index in [1.54, 1.807) is 24.3 Å².